The molecule has 0 fully saturated rings. The molecule has 0 saturated heterocycles. The van der Waals surface area contributed by atoms with Gasteiger partial charge in [-0.3, -0.25) is 0 Å². The van der Waals surface area contributed by atoms with Crippen molar-refractivity contribution in [2.24, 2.45) is 0 Å². The monoisotopic (exact) mass is 360 g/mol. The van der Waals surface area contributed by atoms with Gasteiger partial charge in [-0.1, -0.05) is 41.6 Å². The van der Waals surface area contributed by atoms with E-state index in [4.69, 9.17) is 16.3 Å². The fourth-order valence-electron chi connectivity index (χ4n) is 2.35. The molecule has 0 aliphatic carbocycles. The third-order valence-electron chi connectivity index (χ3n) is 3.54. The number of hydrogen-bond donors (Lipinski definition) is 0. The second-order valence-corrected chi connectivity index (χ2v) is 6.36. The molecule has 0 N–H and O–H groups in total. The van der Waals surface area contributed by atoms with Crippen molar-refractivity contribution in [1.29, 1.82) is 0 Å². The lowest BCUT2D eigenvalue weighted by Gasteiger charge is -2.10. The van der Waals surface area contributed by atoms with Crippen LogP contribution in [0.15, 0.2) is 47.8 Å². The van der Waals surface area contributed by atoms with Crippen LogP contribution in [0.5, 0.6) is 5.75 Å². The molecule has 3 aromatic rings. The molecule has 1 aromatic carbocycles. The van der Waals surface area contributed by atoms with Gasteiger partial charge in [0.15, 0.2) is 11.0 Å². The second-order valence-electron chi connectivity index (χ2n) is 5.03. The van der Waals surface area contributed by atoms with Crippen molar-refractivity contribution >= 4 is 23.4 Å². The van der Waals surface area contributed by atoms with E-state index in [2.05, 4.69) is 26.7 Å². The first-order valence-corrected chi connectivity index (χ1v) is 8.89. The number of ether oxygens (including phenoxy) is 1. The Morgan fingerprint density at radius 1 is 1.17 bits per heavy atom. The van der Waals surface area contributed by atoms with Gasteiger partial charge in [0.1, 0.15) is 10.9 Å². The van der Waals surface area contributed by atoms with Crippen LogP contribution in [0, 0.1) is 0 Å². The van der Waals surface area contributed by atoms with Crippen LogP contribution < -0.4 is 4.74 Å². The number of hydrogen-bond acceptors (Lipinski definition) is 5. The van der Waals surface area contributed by atoms with Gasteiger partial charge in [0.05, 0.1) is 12.7 Å². The van der Waals surface area contributed by atoms with Crippen LogP contribution in [-0.2, 0) is 12.3 Å². The van der Waals surface area contributed by atoms with Gasteiger partial charge in [-0.25, -0.2) is 4.98 Å². The van der Waals surface area contributed by atoms with E-state index in [1.807, 2.05) is 30.3 Å². The van der Waals surface area contributed by atoms with Crippen molar-refractivity contribution in [3.63, 3.8) is 0 Å². The molecule has 7 heteroatoms. The lowest BCUT2D eigenvalue weighted by molar-refractivity contribution is 0.416. The normalized spacial score (nSPS) is 10.8. The molecule has 3 rings (SSSR count). The van der Waals surface area contributed by atoms with Crippen LogP contribution in [0.2, 0.25) is 5.15 Å². The molecular weight excluding hydrogens is 344 g/mol. The highest BCUT2D eigenvalue weighted by Crippen LogP contribution is 2.31. The van der Waals surface area contributed by atoms with E-state index < -0.39 is 0 Å². The summed E-state index contributed by atoms with van der Waals surface area (Å²) in [6.45, 7) is 2.86. The quantitative estimate of drug-likeness (QED) is 0.484. The van der Waals surface area contributed by atoms with Crippen LogP contribution in [0.1, 0.15) is 12.5 Å². The van der Waals surface area contributed by atoms with E-state index in [1.165, 1.54) is 0 Å². The van der Waals surface area contributed by atoms with Crippen molar-refractivity contribution in [2.45, 2.75) is 24.4 Å². The van der Waals surface area contributed by atoms with Gasteiger partial charge < -0.3 is 9.30 Å². The van der Waals surface area contributed by atoms with Gasteiger partial charge in [0.25, 0.3) is 0 Å². The molecule has 0 spiro atoms. The van der Waals surface area contributed by atoms with Gasteiger partial charge in [-0.2, -0.15) is 0 Å². The summed E-state index contributed by atoms with van der Waals surface area (Å²) in [7, 11) is 1.66. The van der Waals surface area contributed by atoms with Gasteiger partial charge in [0, 0.05) is 18.5 Å². The van der Waals surface area contributed by atoms with Crippen molar-refractivity contribution in [3.8, 4) is 17.1 Å². The van der Waals surface area contributed by atoms with Crippen LogP contribution >= 0.6 is 23.4 Å². The largest absolute Gasteiger partial charge is 0.496 e. The van der Waals surface area contributed by atoms with E-state index >= 15 is 0 Å². The minimum absolute atomic E-state index is 0.499. The Kier molecular flexibility index (Phi) is 5.37. The average Bonchev–Trinajstić information content (AvgIpc) is 3.04. The lowest BCUT2D eigenvalue weighted by Crippen LogP contribution is -2.01. The van der Waals surface area contributed by atoms with Crippen LogP contribution in [0.25, 0.3) is 11.4 Å². The maximum atomic E-state index is 5.82. The van der Waals surface area contributed by atoms with Crippen LogP contribution in [0.3, 0.4) is 0 Å². The highest BCUT2D eigenvalue weighted by molar-refractivity contribution is 7.98. The number of thioether (sulfide) groups is 1. The minimum Gasteiger partial charge on any atom is -0.496 e. The molecule has 124 valence electrons. The molecule has 0 aliphatic heterocycles. The Morgan fingerprint density at radius 3 is 2.71 bits per heavy atom. The molecule has 0 saturated carbocycles. The molecular formula is C17H17ClN4OS. The van der Waals surface area contributed by atoms with E-state index in [9.17, 15) is 0 Å². The van der Waals surface area contributed by atoms with E-state index in [0.717, 1.165) is 40.2 Å². The summed E-state index contributed by atoms with van der Waals surface area (Å²) in [6.07, 6.45) is 1.78. The zero-order valence-corrected chi connectivity index (χ0v) is 15.0. The third-order valence-corrected chi connectivity index (χ3v) is 4.80. The van der Waals surface area contributed by atoms with Gasteiger partial charge in [0.2, 0.25) is 0 Å². The Balaban J connectivity index is 1.85. The number of nitrogens with zero attached hydrogens (tertiary/aromatic N) is 4. The molecule has 0 radical (unpaired) electrons. The number of halogens is 1. The fourth-order valence-corrected chi connectivity index (χ4v) is 3.40. The van der Waals surface area contributed by atoms with E-state index in [1.54, 1.807) is 31.1 Å². The van der Waals surface area contributed by atoms with E-state index in [0.29, 0.717) is 5.15 Å². The molecule has 0 aliphatic rings. The summed E-state index contributed by atoms with van der Waals surface area (Å²) in [5.41, 5.74) is 2.03. The summed E-state index contributed by atoms with van der Waals surface area (Å²) in [5, 5.41) is 10.1. The van der Waals surface area contributed by atoms with Crippen molar-refractivity contribution in [2.75, 3.05) is 7.11 Å². The van der Waals surface area contributed by atoms with E-state index in [-0.39, 0.29) is 0 Å². The Hall–Kier alpha value is -2.05. The zero-order valence-electron chi connectivity index (χ0n) is 13.4. The predicted molar refractivity (Wildman–Crippen MR) is 96.5 cm³/mol. The Bertz CT molecular complexity index is 820. The number of aromatic nitrogens is 4. The number of benzene rings is 1. The van der Waals surface area contributed by atoms with Gasteiger partial charge >= 0.3 is 0 Å². The number of methoxy groups -OCH3 is 1. The predicted octanol–water partition coefficient (Wildman–Crippen LogP) is 4.31. The van der Waals surface area contributed by atoms with Gasteiger partial charge in [-0.15, -0.1) is 10.2 Å². The molecule has 5 nitrogen and oxygen atoms in total. The van der Waals surface area contributed by atoms with Crippen molar-refractivity contribution < 1.29 is 4.74 Å². The van der Waals surface area contributed by atoms with Crippen molar-refractivity contribution in [3.05, 3.63) is 53.3 Å². The van der Waals surface area contributed by atoms with Gasteiger partial charge in [-0.05, 0) is 30.7 Å². The maximum absolute atomic E-state index is 5.82. The Morgan fingerprint density at radius 2 is 2.00 bits per heavy atom. The summed E-state index contributed by atoms with van der Waals surface area (Å²) in [6, 6.07) is 11.6. The minimum atomic E-state index is 0.499. The maximum Gasteiger partial charge on any atom is 0.191 e. The first kappa shape index (κ1) is 16.8. The Labute approximate surface area is 150 Å². The number of pyridine rings is 1. The highest BCUT2D eigenvalue weighted by atomic mass is 35.5. The zero-order chi connectivity index (χ0) is 16.9. The molecule has 0 bridgehead atoms. The van der Waals surface area contributed by atoms with Crippen LogP contribution in [-0.4, -0.2) is 26.9 Å². The SMILES string of the molecule is CCn1c(SCc2ccc(Cl)nc2)nnc1-c1ccccc1OC. The van der Waals surface area contributed by atoms with Crippen molar-refractivity contribution in [1.82, 2.24) is 19.7 Å². The summed E-state index contributed by atoms with van der Waals surface area (Å²) >= 11 is 7.44. The molecule has 0 amide bonds. The lowest BCUT2D eigenvalue weighted by atomic mass is 10.2. The average molecular weight is 361 g/mol. The summed E-state index contributed by atoms with van der Waals surface area (Å²) in [5.74, 6) is 2.36. The molecule has 2 aromatic heterocycles. The molecule has 0 unspecified atom stereocenters. The summed E-state index contributed by atoms with van der Waals surface area (Å²) in [4.78, 5) is 4.10. The number of rotatable bonds is 6. The third kappa shape index (κ3) is 3.55. The second kappa shape index (κ2) is 7.68. The molecule has 2 heterocycles. The first-order chi connectivity index (χ1) is 11.7. The summed E-state index contributed by atoms with van der Waals surface area (Å²) < 4.78 is 7.53. The molecule has 0 atom stereocenters. The first-order valence-electron chi connectivity index (χ1n) is 7.52. The molecule has 24 heavy (non-hydrogen) atoms. The number of para-hydroxylation sites is 1. The highest BCUT2D eigenvalue weighted by Gasteiger charge is 2.16. The smallest absolute Gasteiger partial charge is 0.191 e. The standard InChI is InChI=1S/C17H17ClN4OS/c1-3-22-16(13-6-4-5-7-14(13)23-2)20-21-17(22)24-11-12-8-9-15(18)19-10-12/h4-10H,3,11H2,1-2H3. The fraction of sp³-hybridized carbons (Fsp3) is 0.235. The van der Waals surface area contributed by atoms with Crippen LogP contribution in [0.4, 0.5) is 0 Å². The topological polar surface area (TPSA) is 52.8 Å².